The number of carbonyl (C=O) groups is 1. The van der Waals surface area contributed by atoms with Gasteiger partial charge in [0.15, 0.2) is 0 Å². The molecule has 2 aliphatic rings. The van der Waals surface area contributed by atoms with Gasteiger partial charge in [0.05, 0.1) is 13.0 Å². The first-order valence-corrected chi connectivity index (χ1v) is 12.4. The molecule has 4 rings (SSSR count). The Bertz CT molecular complexity index is 985. The number of aromatic nitrogens is 1. The normalized spacial score (nSPS) is 21.1. The minimum atomic E-state index is -1.26. The Kier molecular flexibility index (Phi) is 8.16. The number of likely N-dealkylation sites (tertiary alicyclic amines) is 1. The fraction of sp³-hybridized carbons (Fsp3) is 0.556. The SMILES string of the molecule is COCCc1cccc([C@H](CC(=O)O)CN2CC[C@@](F)(CCc3ccc4c(n3)NCCC4)C2)c1. The van der Waals surface area contributed by atoms with Crippen molar-refractivity contribution in [1.29, 1.82) is 0 Å². The summed E-state index contributed by atoms with van der Waals surface area (Å²) >= 11 is 0. The number of nitrogens with zero attached hydrogens (tertiary/aromatic N) is 2. The fourth-order valence-corrected chi connectivity index (χ4v) is 5.17. The van der Waals surface area contributed by atoms with Crippen LogP contribution in [0.2, 0.25) is 0 Å². The molecule has 7 heteroatoms. The lowest BCUT2D eigenvalue weighted by Crippen LogP contribution is -2.32. The van der Waals surface area contributed by atoms with Gasteiger partial charge in [-0.25, -0.2) is 9.37 Å². The number of carboxylic acid groups (broad SMARTS) is 1. The van der Waals surface area contributed by atoms with Gasteiger partial charge in [-0.05, 0) is 61.3 Å². The van der Waals surface area contributed by atoms with Gasteiger partial charge in [-0.15, -0.1) is 0 Å². The van der Waals surface area contributed by atoms with Gasteiger partial charge < -0.3 is 15.2 Å². The van der Waals surface area contributed by atoms with Crippen LogP contribution in [0.5, 0.6) is 0 Å². The van der Waals surface area contributed by atoms with E-state index in [1.165, 1.54) is 5.56 Å². The van der Waals surface area contributed by atoms with Crippen molar-refractivity contribution < 1.29 is 19.0 Å². The zero-order chi connectivity index (χ0) is 24.0. The minimum Gasteiger partial charge on any atom is -0.481 e. The van der Waals surface area contributed by atoms with Gasteiger partial charge in [-0.2, -0.15) is 0 Å². The van der Waals surface area contributed by atoms with Crippen LogP contribution in [0.4, 0.5) is 10.2 Å². The molecule has 1 fully saturated rings. The number of alkyl halides is 1. The number of anilines is 1. The number of benzene rings is 1. The van der Waals surface area contributed by atoms with Crippen LogP contribution in [-0.4, -0.2) is 66.5 Å². The maximum absolute atomic E-state index is 15.7. The average Bonchev–Trinajstić information content (AvgIpc) is 3.21. The molecule has 0 aliphatic carbocycles. The molecule has 0 amide bonds. The summed E-state index contributed by atoms with van der Waals surface area (Å²) in [4.78, 5) is 18.4. The monoisotopic (exact) mass is 469 g/mol. The first-order chi connectivity index (χ1) is 16.4. The van der Waals surface area contributed by atoms with E-state index in [2.05, 4.69) is 22.3 Å². The standard InChI is InChI=1S/C27H36FN3O3/c1-34-15-10-20-4-2-5-22(16-20)23(17-25(32)33)18-31-14-12-27(28,19-31)11-9-24-8-7-21-6-3-13-29-26(21)30-24/h2,4-5,7-8,16,23H,3,6,9-15,17-19H2,1H3,(H,29,30)(H,32,33)/t23-,27+/m1/s1. The molecule has 0 saturated carbocycles. The number of carboxylic acids is 1. The molecule has 0 unspecified atom stereocenters. The molecule has 2 aromatic rings. The highest BCUT2D eigenvalue weighted by molar-refractivity contribution is 5.68. The van der Waals surface area contributed by atoms with E-state index in [1.807, 2.05) is 24.3 Å². The van der Waals surface area contributed by atoms with E-state index < -0.39 is 11.6 Å². The van der Waals surface area contributed by atoms with Crippen LogP contribution in [0.3, 0.4) is 0 Å². The first-order valence-electron chi connectivity index (χ1n) is 12.4. The molecule has 2 atom stereocenters. The predicted molar refractivity (Wildman–Crippen MR) is 131 cm³/mol. The maximum Gasteiger partial charge on any atom is 0.304 e. The van der Waals surface area contributed by atoms with Crippen molar-refractivity contribution in [1.82, 2.24) is 9.88 Å². The Morgan fingerprint density at radius 2 is 2.21 bits per heavy atom. The van der Waals surface area contributed by atoms with Crippen molar-refractivity contribution in [3.05, 3.63) is 58.8 Å². The minimum absolute atomic E-state index is 0.0373. The Labute approximate surface area is 201 Å². The van der Waals surface area contributed by atoms with Gasteiger partial charge in [0, 0.05) is 44.9 Å². The lowest BCUT2D eigenvalue weighted by molar-refractivity contribution is -0.137. The average molecular weight is 470 g/mol. The molecule has 0 radical (unpaired) electrons. The lowest BCUT2D eigenvalue weighted by Gasteiger charge is -2.25. The highest BCUT2D eigenvalue weighted by Gasteiger charge is 2.39. The van der Waals surface area contributed by atoms with Crippen LogP contribution in [0.1, 0.15) is 54.0 Å². The Morgan fingerprint density at radius 3 is 3.03 bits per heavy atom. The zero-order valence-electron chi connectivity index (χ0n) is 20.1. The number of ether oxygens (including phenoxy) is 1. The van der Waals surface area contributed by atoms with Crippen LogP contribution in [0.15, 0.2) is 36.4 Å². The van der Waals surface area contributed by atoms with Crippen LogP contribution in [0.25, 0.3) is 0 Å². The summed E-state index contributed by atoms with van der Waals surface area (Å²) < 4.78 is 20.9. The second kappa shape index (κ2) is 11.3. The number of rotatable bonds is 11. The smallest absolute Gasteiger partial charge is 0.304 e. The van der Waals surface area contributed by atoms with Gasteiger partial charge in [-0.3, -0.25) is 9.69 Å². The molecule has 1 aromatic carbocycles. The number of methoxy groups -OCH3 is 1. The van der Waals surface area contributed by atoms with Crippen molar-refractivity contribution in [2.24, 2.45) is 0 Å². The van der Waals surface area contributed by atoms with E-state index >= 15 is 4.39 Å². The number of halogens is 1. The maximum atomic E-state index is 15.7. The largest absolute Gasteiger partial charge is 0.481 e. The van der Waals surface area contributed by atoms with Crippen molar-refractivity contribution in [3.63, 3.8) is 0 Å². The molecule has 0 spiro atoms. The van der Waals surface area contributed by atoms with Gasteiger partial charge in [0.1, 0.15) is 11.5 Å². The summed E-state index contributed by atoms with van der Waals surface area (Å²) in [5, 5.41) is 12.8. The predicted octanol–water partition coefficient (Wildman–Crippen LogP) is 4.23. The summed E-state index contributed by atoms with van der Waals surface area (Å²) in [6.07, 6.45) is 4.51. The molecule has 0 bridgehead atoms. The summed E-state index contributed by atoms with van der Waals surface area (Å²) in [5.74, 6) is -0.0465. The molecule has 34 heavy (non-hydrogen) atoms. The third-order valence-corrected chi connectivity index (χ3v) is 7.08. The van der Waals surface area contributed by atoms with Crippen LogP contribution < -0.4 is 5.32 Å². The number of nitrogens with one attached hydrogen (secondary N) is 1. The second-order valence-corrected chi connectivity index (χ2v) is 9.76. The summed E-state index contributed by atoms with van der Waals surface area (Å²) in [6, 6.07) is 12.2. The van der Waals surface area contributed by atoms with Crippen molar-refractivity contribution >= 4 is 11.8 Å². The van der Waals surface area contributed by atoms with E-state index in [0.717, 1.165) is 48.4 Å². The summed E-state index contributed by atoms with van der Waals surface area (Å²) in [6.45, 7) is 3.11. The van der Waals surface area contributed by atoms with E-state index in [1.54, 1.807) is 7.11 Å². The lowest BCUT2D eigenvalue weighted by atomic mass is 9.93. The Hall–Kier alpha value is -2.51. The van der Waals surface area contributed by atoms with Gasteiger partial charge in [0.25, 0.3) is 0 Å². The van der Waals surface area contributed by atoms with Gasteiger partial charge in [0.2, 0.25) is 0 Å². The quantitative estimate of drug-likeness (QED) is 0.513. The Morgan fingerprint density at radius 1 is 1.32 bits per heavy atom. The molecule has 6 nitrogen and oxygen atoms in total. The third-order valence-electron chi connectivity index (χ3n) is 7.08. The molecule has 2 N–H and O–H groups in total. The van der Waals surface area contributed by atoms with E-state index in [9.17, 15) is 9.90 Å². The number of aliphatic carboxylic acids is 1. The Balaban J connectivity index is 1.36. The highest BCUT2D eigenvalue weighted by atomic mass is 19.1. The molecule has 1 aromatic heterocycles. The molecular weight excluding hydrogens is 433 g/mol. The summed E-state index contributed by atoms with van der Waals surface area (Å²) in [7, 11) is 1.67. The fourth-order valence-electron chi connectivity index (χ4n) is 5.17. The number of fused-ring (bicyclic) bond motifs is 1. The van der Waals surface area contributed by atoms with Gasteiger partial charge >= 0.3 is 5.97 Å². The number of hydrogen-bond acceptors (Lipinski definition) is 5. The first kappa shape index (κ1) is 24.6. The van der Waals surface area contributed by atoms with Gasteiger partial charge in [-0.1, -0.05) is 30.3 Å². The summed E-state index contributed by atoms with van der Waals surface area (Å²) in [5.41, 5.74) is 3.04. The third kappa shape index (κ3) is 6.54. The molecule has 3 heterocycles. The van der Waals surface area contributed by atoms with E-state index in [4.69, 9.17) is 9.72 Å². The van der Waals surface area contributed by atoms with Crippen LogP contribution in [0, 0.1) is 0 Å². The zero-order valence-corrected chi connectivity index (χ0v) is 20.1. The number of hydrogen-bond donors (Lipinski definition) is 2. The second-order valence-electron chi connectivity index (χ2n) is 9.76. The van der Waals surface area contributed by atoms with Crippen molar-refractivity contribution in [3.8, 4) is 0 Å². The van der Waals surface area contributed by atoms with Crippen molar-refractivity contribution in [2.75, 3.05) is 45.2 Å². The molecule has 1 saturated heterocycles. The number of pyridine rings is 1. The van der Waals surface area contributed by atoms with Crippen LogP contribution in [-0.2, 0) is 28.8 Å². The number of aryl methyl sites for hydroxylation is 2. The van der Waals surface area contributed by atoms with Crippen molar-refractivity contribution in [2.45, 2.75) is 56.5 Å². The topological polar surface area (TPSA) is 74.7 Å². The van der Waals surface area contributed by atoms with Crippen LogP contribution >= 0.6 is 0 Å². The molecule has 184 valence electrons. The molecule has 2 aliphatic heterocycles. The van der Waals surface area contributed by atoms with E-state index in [-0.39, 0.29) is 12.3 Å². The highest BCUT2D eigenvalue weighted by Crippen LogP contribution is 2.33. The van der Waals surface area contributed by atoms with E-state index in [0.29, 0.717) is 45.5 Å². The molecular formula is C27H36FN3O3.